The standard InChI is InChI=1S/C15H18BrNO3/c1-3-19-15-8-13(16)11(7-14(15)18-2)9-17-10-12-5-4-6-20-12/h4-8,17H,3,9-10H2,1-2H3. The van der Waals surface area contributed by atoms with E-state index in [9.17, 15) is 0 Å². The zero-order valence-electron chi connectivity index (χ0n) is 11.6. The maximum absolute atomic E-state index is 5.54. The molecule has 0 fully saturated rings. The summed E-state index contributed by atoms with van der Waals surface area (Å²) in [5.74, 6) is 2.40. The lowest BCUT2D eigenvalue weighted by Crippen LogP contribution is -2.12. The molecule has 0 radical (unpaired) electrons. The van der Waals surface area contributed by atoms with Crippen molar-refractivity contribution in [1.29, 1.82) is 0 Å². The average Bonchev–Trinajstić information content (AvgIpc) is 2.94. The highest BCUT2D eigenvalue weighted by atomic mass is 79.9. The van der Waals surface area contributed by atoms with Crippen molar-refractivity contribution in [2.24, 2.45) is 0 Å². The Bertz CT molecular complexity index is 540. The van der Waals surface area contributed by atoms with Crippen molar-refractivity contribution < 1.29 is 13.9 Å². The molecule has 4 nitrogen and oxygen atoms in total. The zero-order valence-corrected chi connectivity index (χ0v) is 13.2. The molecular weight excluding hydrogens is 322 g/mol. The second-order valence-corrected chi connectivity index (χ2v) is 5.06. The molecule has 1 N–H and O–H groups in total. The Morgan fingerprint density at radius 3 is 2.75 bits per heavy atom. The van der Waals surface area contributed by atoms with Gasteiger partial charge in [0, 0.05) is 11.0 Å². The van der Waals surface area contributed by atoms with Crippen LogP contribution in [0.3, 0.4) is 0 Å². The van der Waals surface area contributed by atoms with Crippen molar-refractivity contribution >= 4 is 15.9 Å². The first kappa shape index (κ1) is 14.9. The zero-order chi connectivity index (χ0) is 14.4. The Hall–Kier alpha value is -1.46. The van der Waals surface area contributed by atoms with Gasteiger partial charge in [-0.25, -0.2) is 0 Å². The largest absolute Gasteiger partial charge is 0.493 e. The van der Waals surface area contributed by atoms with Crippen molar-refractivity contribution in [3.05, 3.63) is 46.3 Å². The van der Waals surface area contributed by atoms with Crippen LogP contribution in [-0.2, 0) is 13.1 Å². The topological polar surface area (TPSA) is 43.6 Å². The fourth-order valence-electron chi connectivity index (χ4n) is 1.87. The minimum atomic E-state index is 0.610. The molecule has 1 heterocycles. The van der Waals surface area contributed by atoms with Crippen LogP contribution < -0.4 is 14.8 Å². The SMILES string of the molecule is CCOc1cc(Br)c(CNCc2ccco2)cc1OC. The predicted molar refractivity (Wildman–Crippen MR) is 81.1 cm³/mol. The van der Waals surface area contributed by atoms with Crippen LogP contribution in [0.1, 0.15) is 18.2 Å². The Morgan fingerprint density at radius 1 is 1.25 bits per heavy atom. The first-order chi connectivity index (χ1) is 9.74. The van der Waals surface area contributed by atoms with Gasteiger partial charge in [-0.3, -0.25) is 0 Å². The molecule has 0 aliphatic heterocycles. The summed E-state index contributed by atoms with van der Waals surface area (Å²) in [6.07, 6.45) is 1.67. The summed E-state index contributed by atoms with van der Waals surface area (Å²) in [5.41, 5.74) is 1.11. The third kappa shape index (κ3) is 3.77. The van der Waals surface area contributed by atoms with E-state index in [1.54, 1.807) is 13.4 Å². The molecule has 1 aromatic carbocycles. The maximum atomic E-state index is 5.54. The van der Waals surface area contributed by atoms with Gasteiger partial charge in [0.05, 0.1) is 26.5 Å². The van der Waals surface area contributed by atoms with E-state index in [4.69, 9.17) is 13.9 Å². The van der Waals surface area contributed by atoms with Gasteiger partial charge in [0.2, 0.25) is 0 Å². The highest BCUT2D eigenvalue weighted by molar-refractivity contribution is 9.10. The van der Waals surface area contributed by atoms with Gasteiger partial charge in [-0.2, -0.15) is 0 Å². The number of furan rings is 1. The maximum Gasteiger partial charge on any atom is 0.162 e. The molecule has 0 unspecified atom stereocenters. The van der Waals surface area contributed by atoms with Crippen molar-refractivity contribution in [2.75, 3.05) is 13.7 Å². The second kappa shape index (κ2) is 7.36. The second-order valence-electron chi connectivity index (χ2n) is 4.21. The average molecular weight is 340 g/mol. The quantitative estimate of drug-likeness (QED) is 0.834. The Kier molecular flexibility index (Phi) is 5.49. The van der Waals surface area contributed by atoms with E-state index in [-0.39, 0.29) is 0 Å². The van der Waals surface area contributed by atoms with E-state index in [0.717, 1.165) is 27.3 Å². The van der Waals surface area contributed by atoms with E-state index in [0.29, 0.717) is 19.7 Å². The number of hydrogen-bond donors (Lipinski definition) is 1. The van der Waals surface area contributed by atoms with E-state index in [1.807, 2.05) is 31.2 Å². The van der Waals surface area contributed by atoms with Gasteiger partial charge in [0.15, 0.2) is 11.5 Å². The molecule has 0 spiro atoms. The molecule has 0 bridgehead atoms. The molecule has 5 heteroatoms. The molecule has 0 aliphatic carbocycles. The van der Waals surface area contributed by atoms with E-state index < -0.39 is 0 Å². The fraction of sp³-hybridized carbons (Fsp3) is 0.333. The summed E-state index contributed by atoms with van der Waals surface area (Å²) in [6.45, 7) is 3.96. The van der Waals surface area contributed by atoms with E-state index in [1.165, 1.54) is 0 Å². The van der Waals surface area contributed by atoms with Crippen LogP contribution >= 0.6 is 15.9 Å². The molecule has 20 heavy (non-hydrogen) atoms. The lowest BCUT2D eigenvalue weighted by molar-refractivity contribution is 0.310. The summed E-state index contributed by atoms with van der Waals surface area (Å²) in [5, 5.41) is 3.33. The lowest BCUT2D eigenvalue weighted by atomic mass is 10.2. The number of methoxy groups -OCH3 is 1. The van der Waals surface area contributed by atoms with Crippen LogP contribution in [0.15, 0.2) is 39.4 Å². The van der Waals surface area contributed by atoms with Crippen LogP contribution in [0, 0.1) is 0 Å². The highest BCUT2D eigenvalue weighted by Crippen LogP contribution is 2.33. The molecule has 0 atom stereocenters. The number of rotatable bonds is 7. The number of hydrogen-bond acceptors (Lipinski definition) is 4. The summed E-state index contributed by atoms with van der Waals surface area (Å²) < 4.78 is 17.2. The molecule has 1 aromatic heterocycles. The summed E-state index contributed by atoms with van der Waals surface area (Å²) in [7, 11) is 1.64. The number of halogens is 1. The van der Waals surface area contributed by atoms with E-state index >= 15 is 0 Å². The summed E-state index contributed by atoms with van der Waals surface area (Å²) >= 11 is 3.56. The summed E-state index contributed by atoms with van der Waals surface area (Å²) in [6, 6.07) is 7.74. The molecule has 108 valence electrons. The minimum Gasteiger partial charge on any atom is -0.493 e. The van der Waals surface area contributed by atoms with Gasteiger partial charge in [0.1, 0.15) is 5.76 Å². The minimum absolute atomic E-state index is 0.610. The molecule has 2 aromatic rings. The highest BCUT2D eigenvalue weighted by Gasteiger charge is 2.10. The van der Waals surface area contributed by atoms with Crippen molar-refractivity contribution in [2.45, 2.75) is 20.0 Å². The van der Waals surface area contributed by atoms with Crippen LogP contribution in [0.25, 0.3) is 0 Å². The normalized spacial score (nSPS) is 10.6. The lowest BCUT2D eigenvalue weighted by Gasteiger charge is -2.13. The van der Waals surface area contributed by atoms with Crippen LogP contribution in [0.5, 0.6) is 11.5 Å². The third-order valence-electron chi connectivity index (χ3n) is 2.83. The predicted octanol–water partition coefficient (Wildman–Crippen LogP) is 3.74. The number of nitrogens with one attached hydrogen (secondary N) is 1. The van der Waals surface area contributed by atoms with Crippen LogP contribution in [0.4, 0.5) is 0 Å². The molecule has 2 rings (SSSR count). The number of benzene rings is 1. The fourth-order valence-corrected chi connectivity index (χ4v) is 2.34. The molecule has 0 saturated heterocycles. The molecular formula is C15H18BrNO3. The smallest absolute Gasteiger partial charge is 0.162 e. The Morgan fingerprint density at radius 2 is 2.10 bits per heavy atom. The van der Waals surface area contributed by atoms with Crippen molar-refractivity contribution in [3.8, 4) is 11.5 Å². The van der Waals surface area contributed by atoms with Crippen LogP contribution in [-0.4, -0.2) is 13.7 Å². The molecule has 0 saturated carbocycles. The first-order valence-electron chi connectivity index (χ1n) is 6.47. The van der Waals surface area contributed by atoms with Gasteiger partial charge in [-0.15, -0.1) is 0 Å². The van der Waals surface area contributed by atoms with Gasteiger partial charge in [-0.05, 0) is 36.8 Å². The van der Waals surface area contributed by atoms with Gasteiger partial charge < -0.3 is 19.2 Å². The molecule has 0 aliphatic rings. The van der Waals surface area contributed by atoms with Gasteiger partial charge in [0.25, 0.3) is 0 Å². The molecule has 0 amide bonds. The number of ether oxygens (including phenoxy) is 2. The Labute approximate surface area is 127 Å². The third-order valence-corrected chi connectivity index (χ3v) is 3.57. The van der Waals surface area contributed by atoms with Crippen molar-refractivity contribution in [1.82, 2.24) is 5.32 Å². The monoisotopic (exact) mass is 339 g/mol. The summed E-state index contributed by atoms with van der Waals surface area (Å²) in [4.78, 5) is 0. The van der Waals surface area contributed by atoms with Crippen LogP contribution in [0.2, 0.25) is 0 Å². The van der Waals surface area contributed by atoms with E-state index in [2.05, 4.69) is 21.2 Å². The Balaban J connectivity index is 2.03. The van der Waals surface area contributed by atoms with Gasteiger partial charge >= 0.3 is 0 Å². The van der Waals surface area contributed by atoms with Crippen molar-refractivity contribution in [3.63, 3.8) is 0 Å². The first-order valence-corrected chi connectivity index (χ1v) is 7.26. The van der Waals surface area contributed by atoms with Gasteiger partial charge in [-0.1, -0.05) is 15.9 Å².